The van der Waals surface area contributed by atoms with Gasteiger partial charge in [-0.3, -0.25) is 9.59 Å². The number of aliphatic carboxylic acids is 2. The van der Waals surface area contributed by atoms with E-state index in [1.165, 1.54) is 0 Å². The Morgan fingerprint density at radius 2 is 0.967 bits per heavy atom. The molecule has 5 rings (SSSR count). The van der Waals surface area contributed by atoms with Crippen LogP contribution >= 0.6 is 0 Å². The van der Waals surface area contributed by atoms with Crippen LogP contribution in [0.3, 0.4) is 0 Å². The Balaban J connectivity index is 0.000000128. The summed E-state index contributed by atoms with van der Waals surface area (Å²) >= 11 is 0. The van der Waals surface area contributed by atoms with Crippen LogP contribution in [0.5, 0.6) is 0 Å². The maximum Gasteiger partial charge on any atom is 0.306 e. The molecule has 172 valence electrons. The first-order valence-electron chi connectivity index (χ1n) is 11.4. The quantitative estimate of drug-likeness (QED) is 0.499. The van der Waals surface area contributed by atoms with Gasteiger partial charge in [0.1, 0.15) is 0 Å². The van der Waals surface area contributed by atoms with Crippen molar-refractivity contribution in [2.45, 2.75) is 88.6 Å². The molecule has 0 bridgehead atoms. The predicted octanol–water partition coefficient (Wildman–Crippen LogP) is 2.05. The number of carboxylic acids is 2. The number of fused-ring (bicyclic) bond motifs is 2. The highest BCUT2D eigenvalue weighted by molar-refractivity contribution is 5.70. The number of aliphatic hydroxyl groups excluding tert-OH is 2. The fraction of sp³-hybridized carbons (Fsp3) is 0.909. The van der Waals surface area contributed by atoms with Crippen LogP contribution in [-0.2, 0) is 19.1 Å². The fourth-order valence-electron chi connectivity index (χ4n) is 4.85. The topological polar surface area (TPSA) is 140 Å². The van der Waals surface area contributed by atoms with Crippen molar-refractivity contribution in [3.8, 4) is 0 Å². The molecular weight excluding hydrogens is 392 g/mol. The highest BCUT2D eigenvalue weighted by Gasteiger charge is 2.46. The van der Waals surface area contributed by atoms with Crippen molar-refractivity contribution in [2.75, 3.05) is 13.2 Å². The number of aliphatic hydroxyl groups is 2. The smallest absolute Gasteiger partial charge is 0.306 e. The summed E-state index contributed by atoms with van der Waals surface area (Å²) in [5.74, 6) is -0.555. The van der Waals surface area contributed by atoms with Crippen LogP contribution in [0.1, 0.15) is 64.2 Å². The molecule has 8 heteroatoms. The number of hydrogen-bond acceptors (Lipinski definition) is 6. The average Bonchev–Trinajstić information content (AvgIpc) is 3.67. The van der Waals surface area contributed by atoms with Crippen LogP contribution in [-0.4, -0.2) is 70.0 Å². The van der Waals surface area contributed by atoms with Gasteiger partial charge in [0.25, 0.3) is 0 Å². The van der Waals surface area contributed by atoms with Gasteiger partial charge in [0, 0.05) is 13.2 Å². The SMILES string of the molecule is O=C(O)C1CCC2OC2C1.O=C(O)C1CCC2OC2C1.OCC1CCC(CO)CC1. The van der Waals surface area contributed by atoms with Gasteiger partial charge in [-0.2, -0.15) is 0 Å². The molecule has 5 fully saturated rings. The molecule has 6 unspecified atom stereocenters. The van der Waals surface area contributed by atoms with E-state index in [-0.39, 0.29) is 24.0 Å². The second kappa shape index (κ2) is 10.9. The standard InChI is InChI=1S/C8H16O2.2C7H10O3/c9-5-7-1-2-8(6-10)4-3-7;2*8-7(9)4-1-2-5-6(3-4)10-5/h7-10H,1-6H2;2*4-6H,1-3H2,(H,8,9). The lowest BCUT2D eigenvalue weighted by molar-refractivity contribution is -0.143. The number of ether oxygens (including phenoxy) is 2. The minimum Gasteiger partial charge on any atom is -0.481 e. The summed E-state index contributed by atoms with van der Waals surface area (Å²) in [6, 6.07) is 0. The molecule has 0 amide bonds. The largest absolute Gasteiger partial charge is 0.481 e. The molecule has 2 heterocycles. The molecule has 0 aromatic carbocycles. The number of rotatable bonds is 4. The minimum atomic E-state index is -0.658. The molecule has 4 N–H and O–H groups in total. The van der Waals surface area contributed by atoms with Gasteiger partial charge in [-0.25, -0.2) is 0 Å². The first-order valence-corrected chi connectivity index (χ1v) is 11.4. The van der Waals surface area contributed by atoms with Crippen LogP contribution < -0.4 is 0 Å². The summed E-state index contributed by atoms with van der Waals surface area (Å²) < 4.78 is 10.4. The lowest BCUT2D eigenvalue weighted by Crippen LogP contribution is -2.21. The van der Waals surface area contributed by atoms with Gasteiger partial charge < -0.3 is 29.9 Å². The van der Waals surface area contributed by atoms with Crippen molar-refractivity contribution in [3.63, 3.8) is 0 Å². The normalized spacial score (nSPS) is 40.9. The van der Waals surface area contributed by atoms with E-state index < -0.39 is 11.9 Å². The lowest BCUT2D eigenvalue weighted by Gasteiger charge is -2.25. The monoisotopic (exact) mass is 428 g/mol. The van der Waals surface area contributed by atoms with Gasteiger partial charge in [-0.15, -0.1) is 0 Å². The maximum absolute atomic E-state index is 10.5. The van der Waals surface area contributed by atoms with Crippen molar-refractivity contribution in [3.05, 3.63) is 0 Å². The van der Waals surface area contributed by atoms with Crippen LogP contribution in [0.15, 0.2) is 0 Å². The van der Waals surface area contributed by atoms with Crippen molar-refractivity contribution in [2.24, 2.45) is 23.7 Å². The summed E-state index contributed by atoms with van der Waals surface area (Å²) in [5, 5.41) is 34.8. The second-order valence-corrected chi connectivity index (χ2v) is 9.37. The van der Waals surface area contributed by atoms with Gasteiger partial charge in [-0.1, -0.05) is 0 Å². The molecule has 8 nitrogen and oxygen atoms in total. The molecule has 0 spiro atoms. The molecule has 0 aromatic rings. The number of carbonyl (C=O) groups is 2. The lowest BCUT2D eigenvalue weighted by atomic mass is 9.83. The van der Waals surface area contributed by atoms with Crippen molar-refractivity contribution in [1.29, 1.82) is 0 Å². The predicted molar refractivity (Wildman–Crippen MR) is 107 cm³/mol. The zero-order valence-corrected chi connectivity index (χ0v) is 17.5. The van der Waals surface area contributed by atoms with Crippen LogP contribution in [0.4, 0.5) is 0 Å². The van der Waals surface area contributed by atoms with Gasteiger partial charge >= 0.3 is 11.9 Å². The summed E-state index contributed by atoms with van der Waals surface area (Å²) in [7, 11) is 0. The first kappa shape index (κ1) is 23.4. The molecule has 30 heavy (non-hydrogen) atoms. The Hall–Kier alpha value is -1.22. The molecule has 3 saturated carbocycles. The van der Waals surface area contributed by atoms with E-state index in [1.54, 1.807) is 0 Å². The number of carboxylic acid groups (broad SMARTS) is 2. The van der Waals surface area contributed by atoms with E-state index in [9.17, 15) is 9.59 Å². The Morgan fingerprint density at radius 1 is 0.600 bits per heavy atom. The third kappa shape index (κ3) is 6.90. The van der Waals surface area contributed by atoms with Gasteiger partial charge in [-0.05, 0) is 76.0 Å². The van der Waals surface area contributed by atoms with Crippen LogP contribution in [0.25, 0.3) is 0 Å². The Bertz CT molecular complexity index is 523. The van der Waals surface area contributed by atoms with Crippen molar-refractivity contribution < 1.29 is 39.5 Å². The van der Waals surface area contributed by atoms with E-state index in [2.05, 4.69) is 0 Å². The first-order chi connectivity index (χ1) is 14.4. The van der Waals surface area contributed by atoms with Gasteiger partial charge in [0.15, 0.2) is 0 Å². The molecular formula is C22H36O8. The zero-order valence-electron chi connectivity index (χ0n) is 17.5. The highest BCUT2D eigenvalue weighted by atomic mass is 16.6. The molecule has 6 atom stereocenters. The Morgan fingerprint density at radius 3 is 1.23 bits per heavy atom. The summed E-state index contributed by atoms with van der Waals surface area (Å²) in [4.78, 5) is 20.9. The third-order valence-electron chi connectivity index (χ3n) is 7.19. The summed E-state index contributed by atoms with van der Waals surface area (Å²) in [5.41, 5.74) is 0. The van der Waals surface area contributed by atoms with E-state index in [4.69, 9.17) is 29.9 Å². The molecule has 0 aromatic heterocycles. The van der Waals surface area contributed by atoms with E-state index in [1.807, 2.05) is 0 Å². The minimum absolute atomic E-state index is 0.135. The third-order valence-corrected chi connectivity index (χ3v) is 7.19. The van der Waals surface area contributed by atoms with E-state index in [0.717, 1.165) is 64.2 Å². The molecule has 2 aliphatic heterocycles. The molecule has 3 aliphatic carbocycles. The van der Waals surface area contributed by atoms with E-state index in [0.29, 0.717) is 37.3 Å². The number of epoxide rings is 2. The molecule has 2 saturated heterocycles. The molecule has 5 aliphatic rings. The van der Waals surface area contributed by atoms with Crippen LogP contribution in [0, 0.1) is 23.7 Å². The number of hydrogen-bond donors (Lipinski definition) is 4. The molecule has 0 radical (unpaired) electrons. The van der Waals surface area contributed by atoms with Crippen molar-refractivity contribution in [1.82, 2.24) is 0 Å². The summed E-state index contributed by atoms with van der Waals surface area (Å²) in [6.07, 6.45) is 10.8. The highest BCUT2D eigenvalue weighted by Crippen LogP contribution is 2.40. The second-order valence-electron chi connectivity index (χ2n) is 9.37. The zero-order chi connectivity index (χ0) is 21.7. The van der Waals surface area contributed by atoms with E-state index >= 15 is 0 Å². The Labute approximate surface area is 177 Å². The van der Waals surface area contributed by atoms with Gasteiger partial charge in [0.2, 0.25) is 0 Å². The fourth-order valence-corrected chi connectivity index (χ4v) is 4.85. The average molecular weight is 429 g/mol. The van der Waals surface area contributed by atoms with Crippen molar-refractivity contribution >= 4 is 11.9 Å². The Kier molecular flexibility index (Phi) is 8.51. The van der Waals surface area contributed by atoms with Gasteiger partial charge in [0.05, 0.1) is 36.3 Å². The maximum atomic E-state index is 10.5. The summed E-state index contributed by atoms with van der Waals surface area (Å²) in [6.45, 7) is 0.663. The van der Waals surface area contributed by atoms with Crippen LogP contribution in [0.2, 0.25) is 0 Å².